The molecule has 2 aromatic carbocycles. The van der Waals surface area contributed by atoms with E-state index in [-0.39, 0.29) is 17.7 Å². The first-order valence-electron chi connectivity index (χ1n) is 16.3. The van der Waals surface area contributed by atoms with Gasteiger partial charge in [0.2, 0.25) is 11.8 Å². The number of nitrogens with zero attached hydrogens (tertiary/aromatic N) is 1. The number of nitrogens with one attached hydrogen (secondary N) is 2. The summed E-state index contributed by atoms with van der Waals surface area (Å²) in [5.41, 5.74) is 1.46. The minimum Gasteiger partial charge on any atom is -0.444 e. The Balaban J connectivity index is 1.89. The highest BCUT2D eigenvalue weighted by molar-refractivity contribution is 7.55. The summed E-state index contributed by atoms with van der Waals surface area (Å²) in [6.07, 6.45) is 2.00. The normalized spacial score (nSPS) is 16.6. The summed E-state index contributed by atoms with van der Waals surface area (Å²) in [5.74, 6) is -1.76. The molecule has 2 N–H and O–H groups in total. The standard InChI is InChI=1S/C35H52N3O7P/c1-10-25-14-18-27(19-15-25)44-46(42,45-28-20-16-26(11-2)17-21-28)32(24(5)6)37-31(39)29-13-12-22-38(29)33(40)30(23(3)4)36-34(41)43-35(7,8)9/h14-21,23-24,29-30,32H,10-13,22H2,1-9H3,(H,36,41)(H,37,39). The van der Waals surface area contributed by atoms with Crippen LogP contribution in [0.5, 0.6) is 11.5 Å². The second kappa shape index (κ2) is 15.9. The number of ether oxygens (including phenoxy) is 1. The highest BCUT2D eigenvalue weighted by Gasteiger charge is 2.46. The molecule has 1 saturated heterocycles. The fourth-order valence-corrected chi connectivity index (χ4v) is 7.39. The van der Waals surface area contributed by atoms with Crippen LogP contribution < -0.4 is 19.7 Å². The van der Waals surface area contributed by atoms with Crippen molar-refractivity contribution in [3.05, 3.63) is 59.7 Å². The molecule has 0 aromatic heterocycles. The van der Waals surface area contributed by atoms with Gasteiger partial charge in [-0.15, -0.1) is 0 Å². The SMILES string of the molecule is CCc1ccc(OP(=O)(Oc2ccc(CC)cc2)C(NC(=O)C2CCCN2C(=O)C(NC(=O)OC(C)(C)C)C(C)C)C(C)C)cc1. The van der Waals surface area contributed by atoms with E-state index in [0.717, 1.165) is 24.0 Å². The number of alkyl carbamates (subject to hydrolysis) is 1. The third-order valence-electron chi connectivity index (χ3n) is 7.83. The number of likely N-dealkylation sites (tertiary alicyclic amines) is 1. The first-order valence-corrected chi connectivity index (χ1v) is 17.9. The molecule has 3 atom stereocenters. The third-order valence-corrected chi connectivity index (χ3v) is 10.2. The maximum atomic E-state index is 14.8. The van der Waals surface area contributed by atoms with E-state index in [1.807, 2.05) is 65.8 Å². The first kappa shape index (κ1) is 36.9. The molecular formula is C35H52N3O7P. The van der Waals surface area contributed by atoms with Crippen molar-refractivity contribution >= 4 is 25.5 Å². The van der Waals surface area contributed by atoms with Crippen LogP contribution in [-0.4, -0.2) is 52.8 Å². The molecule has 0 radical (unpaired) electrons. The monoisotopic (exact) mass is 657 g/mol. The zero-order chi connectivity index (χ0) is 34.2. The van der Waals surface area contributed by atoms with Gasteiger partial charge in [-0.2, -0.15) is 0 Å². The van der Waals surface area contributed by atoms with E-state index in [2.05, 4.69) is 10.6 Å². The van der Waals surface area contributed by atoms with E-state index in [0.29, 0.717) is 30.9 Å². The number of aryl methyl sites for hydroxylation is 2. The van der Waals surface area contributed by atoms with Gasteiger partial charge in [-0.1, -0.05) is 65.8 Å². The minimum atomic E-state index is -4.10. The van der Waals surface area contributed by atoms with E-state index in [1.165, 1.54) is 4.90 Å². The summed E-state index contributed by atoms with van der Waals surface area (Å²) >= 11 is 0. The maximum absolute atomic E-state index is 14.8. The van der Waals surface area contributed by atoms with Gasteiger partial charge >= 0.3 is 13.7 Å². The molecule has 1 aliphatic heterocycles. The van der Waals surface area contributed by atoms with Crippen LogP contribution >= 0.6 is 7.60 Å². The number of carbonyl (C=O) groups excluding carboxylic acids is 3. The first-order chi connectivity index (χ1) is 21.6. The Labute approximate surface area is 274 Å². The van der Waals surface area contributed by atoms with Crippen LogP contribution in [0.2, 0.25) is 0 Å². The van der Waals surface area contributed by atoms with Crippen molar-refractivity contribution in [2.45, 2.75) is 111 Å². The molecule has 11 heteroatoms. The van der Waals surface area contributed by atoms with Crippen LogP contribution in [0.4, 0.5) is 4.79 Å². The fourth-order valence-electron chi connectivity index (χ4n) is 5.28. The Bertz CT molecular complexity index is 1320. The van der Waals surface area contributed by atoms with Crippen molar-refractivity contribution < 1.29 is 32.7 Å². The summed E-state index contributed by atoms with van der Waals surface area (Å²) in [4.78, 5) is 41.8. The summed E-state index contributed by atoms with van der Waals surface area (Å²) < 4.78 is 32.5. The summed E-state index contributed by atoms with van der Waals surface area (Å²) in [5, 5.41) is 5.65. The van der Waals surface area contributed by atoms with Crippen molar-refractivity contribution in [3.8, 4) is 11.5 Å². The van der Waals surface area contributed by atoms with Gasteiger partial charge < -0.3 is 29.3 Å². The van der Waals surface area contributed by atoms with Gasteiger partial charge in [0, 0.05) is 6.54 Å². The zero-order valence-corrected chi connectivity index (χ0v) is 29.7. The van der Waals surface area contributed by atoms with Crippen molar-refractivity contribution in [1.29, 1.82) is 0 Å². The van der Waals surface area contributed by atoms with Gasteiger partial charge in [-0.3, -0.25) is 9.59 Å². The molecule has 0 saturated carbocycles. The van der Waals surface area contributed by atoms with Gasteiger partial charge in [-0.25, -0.2) is 9.36 Å². The van der Waals surface area contributed by atoms with Gasteiger partial charge in [0.25, 0.3) is 0 Å². The molecule has 46 heavy (non-hydrogen) atoms. The molecule has 254 valence electrons. The Hall–Kier alpha value is -3.52. The van der Waals surface area contributed by atoms with Crippen molar-refractivity contribution in [2.75, 3.05) is 6.54 Å². The van der Waals surface area contributed by atoms with E-state index >= 15 is 0 Å². The third kappa shape index (κ3) is 9.99. The van der Waals surface area contributed by atoms with Crippen molar-refractivity contribution in [3.63, 3.8) is 0 Å². The molecule has 1 heterocycles. The topological polar surface area (TPSA) is 123 Å². The lowest BCUT2D eigenvalue weighted by molar-refractivity contribution is -0.141. The molecule has 0 bridgehead atoms. The molecule has 3 unspecified atom stereocenters. The molecule has 10 nitrogen and oxygen atoms in total. The summed E-state index contributed by atoms with van der Waals surface area (Å²) in [7, 11) is -4.10. The Morgan fingerprint density at radius 1 is 0.848 bits per heavy atom. The van der Waals surface area contributed by atoms with Crippen LogP contribution in [0.1, 0.15) is 86.3 Å². The molecule has 0 spiro atoms. The lowest BCUT2D eigenvalue weighted by Gasteiger charge is -2.34. The quantitative estimate of drug-likeness (QED) is 0.220. The van der Waals surface area contributed by atoms with E-state index < -0.39 is 43.1 Å². The van der Waals surface area contributed by atoms with Gasteiger partial charge in [-0.05, 0) is 93.7 Å². The predicted molar refractivity (Wildman–Crippen MR) is 180 cm³/mol. The Morgan fingerprint density at radius 3 is 1.76 bits per heavy atom. The largest absolute Gasteiger partial charge is 0.453 e. The highest BCUT2D eigenvalue weighted by Crippen LogP contribution is 2.54. The van der Waals surface area contributed by atoms with E-state index in [9.17, 15) is 18.9 Å². The second-order valence-corrected chi connectivity index (χ2v) is 15.5. The van der Waals surface area contributed by atoms with E-state index in [1.54, 1.807) is 45.0 Å². The number of hydrogen-bond acceptors (Lipinski definition) is 7. The zero-order valence-electron chi connectivity index (χ0n) is 28.8. The Kier molecular flexibility index (Phi) is 12.7. The predicted octanol–water partition coefficient (Wildman–Crippen LogP) is 7.10. The molecule has 1 fully saturated rings. The smallest absolute Gasteiger partial charge is 0.444 e. The van der Waals surface area contributed by atoms with Gasteiger partial charge in [0.1, 0.15) is 29.2 Å². The van der Waals surface area contributed by atoms with Gasteiger partial charge in [0.05, 0.1) is 0 Å². The van der Waals surface area contributed by atoms with Crippen LogP contribution in [0.3, 0.4) is 0 Å². The van der Waals surface area contributed by atoms with Crippen LogP contribution in [-0.2, 0) is 31.7 Å². The molecular weight excluding hydrogens is 605 g/mol. The fraction of sp³-hybridized carbons (Fsp3) is 0.571. The average molecular weight is 658 g/mol. The molecule has 2 aromatic rings. The molecule has 1 aliphatic rings. The van der Waals surface area contributed by atoms with Crippen LogP contribution in [0, 0.1) is 11.8 Å². The number of rotatable bonds is 13. The number of carbonyl (C=O) groups is 3. The van der Waals surface area contributed by atoms with Crippen LogP contribution in [0.15, 0.2) is 48.5 Å². The van der Waals surface area contributed by atoms with Crippen molar-refractivity contribution in [1.82, 2.24) is 15.5 Å². The number of hydrogen-bond donors (Lipinski definition) is 2. The lowest BCUT2D eigenvalue weighted by atomic mass is 10.0. The highest BCUT2D eigenvalue weighted by atomic mass is 31.2. The molecule has 0 aliphatic carbocycles. The summed E-state index contributed by atoms with van der Waals surface area (Å²) in [6.45, 7) is 17.0. The number of benzene rings is 2. The van der Waals surface area contributed by atoms with Gasteiger partial charge in [0.15, 0.2) is 5.78 Å². The summed E-state index contributed by atoms with van der Waals surface area (Å²) in [6, 6.07) is 12.9. The van der Waals surface area contributed by atoms with E-state index in [4.69, 9.17) is 13.8 Å². The Morgan fingerprint density at radius 2 is 1.35 bits per heavy atom. The molecule has 3 rings (SSSR count). The lowest BCUT2D eigenvalue weighted by Crippen LogP contribution is -2.56. The maximum Gasteiger partial charge on any atom is 0.453 e. The molecule has 3 amide bonds. The minimum absolute atomic E-state index is 0.257. The van der Waals surface area contributed by atoms with Crippen LogP contribution in [0.25, 0.3) is 0 Å². The average Bonchev–Trinajstić information content (AvgIpc) is 3.48. The van der Waals surface area contributed by atoms with Crippen molar-refractivity contribution in [2.24, 2.45) is 11.8 Å². The number of amides is 3. The second-order valence-electron chi connectivity index (χ2n) is 13.5.